The molecule has 0 bridgehead atoms. The van der Waals surface area contributed by atoms with Crippen molar-refractivity contribution in [2.75, 3.05) is 7.11 Å². The van der Waals surface area contributed by atoms with E-state index >= 15 is 0 Å². The van der Waals surface area contributed by atoms with Crippen LogP contribution in [0.25, 0.3) is 0 Å². The summed E-state index contributed by atoms with van der Waals surface area (Å²) in [5.74, 6) is 0.606. The molecule has 0 amide bonds. The first-order valence-corrected chi connectivity index (χ1v) is 4.25. The normalized spacial score (nSPS) is 9.20. The fourth-order valence-electron chi connectivity index (χ4n) is 0.723. The van der Waals surface area contributed by atoms with Crippen molar-refractivity contribution in [2.45, 2.75) is 20.3 Å². The van der Waals surface area contributed by atoms with Gasteiger partial charge in [0.15, 0.2) is 5.78 Å². The number of rotatable bonds is 2. The van der Waals surface area contributed by atoms with E-state index in [0.717, 1.165) is 6.92 Å². The minimum absolute atomic E-state index is 0.00333. The van der Waals surface area contributed by atoms with Gasteiger partial charge < -0.3 is 4.74 Å². The van der Waals surface area contributed by atoms with Crippen molar-refractivity contribution < 1.29 is 18.3 Å². The van der Waals surface area contributed by atoms with E-state index in [9.17, 15) is 13.6 Å². The number of ether oxygens (including phenoxy) is 1. The Morgan fingerprint density at radius 3 is 2.40 bits per heavy atom. The van der Waals surface area contributed by atoms with Gasteiger partial charge in [0.25, 0.3) is 0 Å². The molecular weight excluding hydrogens is 204 g/mol. The van der Waals surface area contributed by atoms with Crippen LogP contribution in [0.1, 0.15) is 24.2 Å². The highest BCUT2D eigenvalue weighted by molar-refractivity contribution is 5.94. The van der Waals surface area contributed by atoms with Crippen molar-refractivity contribution in [3.63, 3.8) is 0 Å². The molecule has 15 heavy (non-hydrogen) atoms. The number of methoxy groups -OCH3 is 1. The lowest BCUT2D eigenvalue weighted by Gasteiger charge is -1.98. The van der Waals surface area contributed by atoms with E-state index in [1.807, 2.05) is 0 Å². The Kier molecular flexibility index (Phi) is 6.17. The summed E-state index contributed by atoms with van der Waals surface area (Å²) in [5, 5.41) is 0. The zero-order valence-electron chi connectivity index (χ0n) is 8.83. The summed E-state index contributed by atoms with van der Waals surface area (Å²) >= 11 is 0. The van der Waals surface area contributed by atoms with E-state index in [-0.39, 0.29) is 5.78 Å². The molecule has 0 unspecified atom stereocenters. The van der Waals surface area contributed by atoms with Crippen molar-refractivity contribution in [3.8, 4) is 5.75 Å². The van der Waals surface area contributed by atoms with Crippen molar-refractivity contribution >= 4 is 5.78 Å². The monoisotopic (exact) mass is 217 g/mol. The van der Waals surface area contributed by atoms with E-state index in [0.29, 0.717) is 11.3 Å². The van der Waals surface area contributed by atoms with E-state index in [2.05, 4.69) is 4.98 Å². The first-order valence-electron chi connectivity index (χ1n) is 4.25. The lowest BCUT2D eigenvalue weighted by molar-refractivity contribution is 0.101. The summed E-state index contributed by atoms with van der Waals surface area (Å²) in [6.45, 7) is 2.33. The Labute approximate surface area is 87.1 Å². The van der Waals surface area contributed by atoms with Crippen LogP contribution in [0.2, 0.25) is 0 Å². The SMILES string of the molecule is CC(F)F.COc1cncc(C(C)=O)c1. The fraction of sp³-hybridized carbons (Fsp3) is 0.400. The van der Waals surface area contributed by atoms with Gasteiger partial charge in [-0.1, -0.05) is 0 Å². The molecule has 0 saturated carbocycles. The zero-order chi connectivity index (χ0) is 11.8. The third-order valence-corrected chi connectivity index (χ3v) is 1.36. The van der Waals surface area contributed by atoms with Crippen LogP contribution in [0.5, 0.6) is 5.75 Å². The highest BCUT2D eigenvalue weighted by atomic mass is 19.3. The number of aromatic nitrogens is 1. The Balaban J connectivity index is 0.000000423. The zero-order valence-corrected chi connectivity index (χ0v) is 8.83. The second-order valence-electron chi connectivity index (χ2n) is 2.69. The lowest BCUT2D eigenvalue weighted by Crippen LogP contribution is -1.94. The molecule has 1 heterocycles. The van der Waals surface area contributed by atoms with Crippen LogP contribution in [-0.2, 0) is 0 Å². The minimum Gasteiger partial charge on any atom is -0.495 e. The van der Waals surface area contributed by atoms with E-state index < -0.39 is 6.43 Å². The summed E-state index contributed by atoms with van der Waals surface area (Å²) in [4.78, 5) is 14.6. The maximum Gasteiger partial charge on any atom is 0.235 e. The molecule has 0 spiro atoms. The molecule has 0 aliphatic carbocycles. The predicted molar refractivity (Wildman–Crippen MR) is 52.5 cm³/mol. The topological polar surface area (TPSA) is 39.2 Å². The number of pyridine rings is 1. The molecule has 5 heteroatoms. The van der Waals surface area contributed by atoms with E-state index in [1.165, 1.54) is 13.1 Å². The Bertz CT molecular complexity index is 313. The number of hydrogen-bond donors (Lipinski definition) is 0. The molecule has 1 rings (SSSR count). The maximum absolute atomic E-state index is 10.8. The third kappa shape index (κ3) is 6.54. The number of ketones is 1. The molecule has 0 fully saturated rings. The summed E-state index contributed by atoms with van der Waals surface area (Å²) in [6, 6.07) is 1.66. The van der Waals surface area contributed by atoms with E-state index in [1.54, 1.807) is 19.4 Å². The number of hydrogen-bond acceptors (Lipinski definition) is 3. The standard InChI is InChI=1S/C8H9NO2.C2H4F2/c1-6(10)7-3-8(11-2)5-9-4-7;1-2(3)4/h3-5H,1-2H3;2H,1H3. The fourth-order valence-corrected chi connectivity index (χ4v) is 0.723. The van der Waals surface area contributed by atoms with Crippen molar-refractivity contribution in [3.05, 3.63) is 24.0 Å². The Morgan fingerprint density at radius 1 is 1.47 bits per heavy atom. The molecule has 1 aromatic heterocycles. The smallest absolute Gasteiger partial charge is 0.235 e. The summed E-state index contributed by atoms with van der Waals surface area (Å²) in [7, 11) is 1.54. The van der Waals surface area contributed by atoms with Gasteiger partial charge in [-0.3, -0.25) is 9.78 Å². The first-order chi connectivity index (χ1) is 6.97. The van der Waals surface area contributed by atoms with E-state index in [4.69, 9.17) is 4.74 Å². The highest BCUT2D eigenvalue weighted by Crippen LogP contribution is 2.09. The number of carbonyl (C=O) groups is 1. The molecule has 0 saturated heterocycles. The van der Waals surface area contributed by atoms with Crippen LogP contribution < -0.4 is 4.74 Å². The van der Waals surface area contributed by atoms with Crippen LogP contribution >= 0.6 is 0 Å². The second-order valence-corrected chi connectivity index (χ2v) is 2.69. The van der Waals surface area contributed by atoms with Crippen molar-refractivity contribution in [1.29, 1.82) is 0 Å². The summed E-state index contributed by atoms with van der Waals surface area (Å²) < 4.78 is 25.6. The molecule has 84 valence electrons. The van der Waals surface area contributed by atoms with Gasteiger partial charge in [0.2, 0.25) is 6.43 Å². The van der Waals surface area contributed by atoms with Crippen LogP contribution in [0.4, 0.5) is 8.78 Å². The quantitative estimate of drug-likeness (QED) is 0.714. The van der Waals surface area contributed by atoms with Crippen molar-refractivity contribution in [1.82, 2.24) is 4.98 Å². The molecule has 0 N–H and O–H groups in total. The second kappa shape index (κ2) is 6.86. The molecule has 0 atom stereocenters. The molecule has 0 radical (unpaired) electrons. The van der Waals surface area contributed by atoms with Crippen LogP contribution in [-0.4, -0.2) is 24.3 Å². The summed E-state index contributed by atoms with van der Waals surface area (Å²) in [5.41, 5.74) is 0.573. The molecule has 0 aromatic carbocycles. The maximum atomic E-state index is 10.8. The van der Waals surface area contributed by atoms with Crippen LogP contribution in [0.3, 0.4) is 0 Å². The number of alkyl halides is 2. The van der Waals surface area contributed by atoms with Crippen LogP contribution in [0.15, 0.2) is 18.5 Å². The van der Waals surface area contributed by atoms with Crippen molar-refractivity contribution in [2.24, 2.45) is 0 Å². The predicted octanol–water partition coefficient (Wildman–Crippen LogP) is 2.56. The van der Waals surface area contributed by atoms with Gasteiger partial charge in [-0.2, -0.15) is 0 Å². The Morgan fingerprint density at radius 2 is 2.00 bits per heavy atom. The number of carbonyl (C=O) groups excluding carboxylic acids is 1. The average molecular weight is 217 g/mol. The Hall–Kier alpha value is -1.52. The van der Waals surface area contributed by atoms with Gasteiger partial charge in [0.1, 0.15) is 5.75 Å². The van der Waals surface area contributed by atoms with Gasteiger partial charge in [-0.05, 0) is 19.9 Å². The molecule has 3 nitrogen and oxygen atoms in total. The summed E-state index contributed by atoms with van der Waals surface area (Å²) in [6.07, 6.45) is 0.914. The van der Waals surface area contributed by atoms with Gasteiger partial charge in [0.05, 0.1) is 13.3 Å². The number of Topliss-reactive ketones (excluding diaryl/α,β-unsaturated/α-hetero) is 1. The van der Waals surface area contributed by atoms with Crippen LogP contribution in [0, 0.1) is 0 Å². The molecule has 1 aromatic rings. The molecule has 0 aliphatic rings. The molecular formula is C10H13F2NO2. The van der Waals surface area contributed by atoms with Gasteiger partial charge in [-0.25, -0.2) is 8.78 Å². The number of nitrogens with zero attached hydrogens (tertiary/aromatic N) is 1. The molecule has 0 aliphatic heterocycles. The van der Waals surface area contributed by atoms with Gasteiger partial charge in [0, 0.05) is 11.8 Å². The van der Waals surface area contributed by atoms with Gasteiger partial charge in [-0.15, -0.1) is 0 Å². The average Bonchev–Trinajstić information content (AvgIpc) is 2.17. The first kappa shape index (κ1) is 13.5. The lowest BCUT2D eigenvalue weighted by atomic mass is 10.2. The third-order valence-electron chi connectivity index (χ3n) is 1.36. The van der Waals surface area contributed by atoms with Gasteiger partial charge >= 0.3 is 0 Å². The minimum atomic E-state index is -2.17. The number of halogens is 2. The largest absolute Gasteiger partial charge is 0.495 e. The highest BCUT2D eigenvalue weighted by Gasteiger charge is 1.99.